The number of hydrogen-bond acceptors (Lipinski definition) is 0. The Hall–Kier alpha value is 1.72. The number of hydrogen-bond donors (Lipinski definition) is 0. The second-order valence-electron chi connectivity index (χ2n) is 0.0505. The largest absolute Gasteiger partial charge is 0 e. The van der Waals surface area contributed by atoms with E-state index in [1.165, 1.54) is 0 Å². The molecule has 0 nitrogen and oxygen atoms in total. The fraction of sp³-hybridized carbons (Fsp3) is 0. The van der Waals surface area contributed by atoms with Crippen LogP contribution in [0.2, 0.25) is 0 Å². The third-order valence-electron chi connectivity index (χ3n) is 0. The fourth-order valence-corrected chi connectivity index (χ4v) is 0. The Kier molecular flexibility index (Phi) is 20.3. The van der Waals surface area contributed by atoms with Crippen molar-refractivity contribution in [3.8, 4) is 0 Å². The third-order valence-corrected chi connectivity index (χ3v) is 0. The average Bonchev–Trinajstić information content (AvgIpc) is 0.918. The first kappa shape index (κ1) is 9.21. The van der Waals surface area contributed by atoms with Gasteiger partial charge >= 0.3 is 33.3 Å². The third kappa shape index (κ3) is 9.30. The first-order chi connectivity index (χ1) is 1.41. The first-order valence-electron chi connectivity index (χ1n) is 0.267. The predicted molar refractivity (Wildman–Crippen MR) is 11.7 cm³/mol. The summed E-state index contributed by atoms with van der Waals surface area (Å²) in [5.41, 5.74) is 0. The van der Waals surface area contributed by atoms with E-state index in [-0.39, 0.29) is 32.6 Å². The molecule has 0 rings (SSSR count). The summed E-state index contributed by atoms with van der Waals surface area (Å²) in [7, 11) is 9.53. The summed E-state index contributed by atoms with van der Waals surface area (Å²) in [4.78, 5) is 0. The monoisotopic (exact) mass is 190 g/mol. The fourth-order valence-electron chi connectivity index (χ4n) is 0. The molecule has 0 unspecified atom stereocenters. The number of rotatable bonds is 0. The molecule has 0 aromatic heterocycles. The molecular formula is Cl2FeZn. The zero-order valence-electron chi connectivity index (χ0n) is 1.82. The molecule has 0 saturated heterocycles. The minimum absolute atomic E-state index is 0. The molecule has 0 N–H and O–H groups in total. The Balaban J connectivity index is 0. The topological polar surface area (TPSA) is 0 Å². The number of halogens is 2. The van der Waals surface area contributed by atoms with Crippen LogP contribution >= 0.6 is 20.2 Å². The van der Waals surface area contributed by atoms with Crippen molar-refractivity contribution in [3.63, 3.8) is 0 Å². The summed E-state index contributed by atoms with van der Waals surface area (Å²) < 4.78 is 0. The SMILES string of the molecule is [Cl][Fe][Cl].[Zn]. The summed E-state index contributed by atoms with van der Waals surface area (Å²) in [6.07, 6.45) is 0. The summed E-state index contributed by atoms with van der Waals surface area (Å²) in [6.45, 7) is 0. The van der Waals surface area contributed by atoms with Gasteiger partial charge in [-0.05, 0) is 0 Å². The van der Waals surface area contributed by atoms with Crippen molar-refractivity contribution in [2.45, 2.75) is 0 Å². The molecule has 4 heavy (non-hydrogen) atoms. The van der Waals surface area contributed by atoms with Crippen molar-refractivity contribution < 1.29 is 32.6 Å². The Bertz CT molecular complexity index is 6.00. The van der Waals surface area contributed by atoms with Gasteiger partial charge in [0.15, 0.2) is 0 Å². The molecule has 0 saturated carbocycles. The molecule has 0 aliphatic heterocycles. The Labute approximate surface area is 52.6 Å². The molecule has 0 aromatic carbocycles. The van der Waals surface area contributed by atoms with Crippen LogP contribution in [0.5, 0.6) is 0 Å². The summed E-state index contributed by atoms with van der Waals surface area (Å²) in [5, 5.41) is 0. The molecular weight excluding hydrogens is 192 g/mol. The van der Waals surface area contributed by atoms with E-state index >= 15 is 0 Å². The molecule has 0 spiro atoms. The van der Waals surface area contributed by atoms with E-state index < -0.39 is 0 Å². The van der Waals surface area contributed by atoms with E-state index in [4.69, 9.17) is 20.2 Å². The maximum absolute atomic E-state index is 4.76. The molecule has 0 aliphatic carbocycles. The van der Waals surface area contributed by atoms with Crippen LogP contribution in [0.4, 0.5) is 0 Å². The second-order valence-corrected chi connectivity index (χ2v) is 1.87. The second kappa shape index (κ2) is 8.83. The van der Waals surface area contributed by atoms with E-state index in [2.05, 4.69) is 0 Å². The zero-order valence-corrected chi connectivity index (χ0v) is 7.40. The Morgan fingerprint density at radius 2 is 1.25 bits per heavy atom. The van der Waals surface area contributed by atoms with Gasteiger partial charge in [0.2, 0.25) is 0 Å². The normalized spacial score (nSPS) is 5.50. The predicted octanol–water partition coefficient (Wildman–Crippen LogP) is 1.37. The average molecular weight is 192 g/mol. The minimum atomic E-state index is 0. The molecule has 4 heteroatoms. The summed E-state index contributed by atoms with van der Waals surface area (Å²) in [5.74, 6) is 0. The molecule has 0 radical (unpaired) electrons. The quantitative estimate of drug-likeness (QED) is 0.508. The molecule has 0 heterocycles. The van der Waals surface area contributed by atoms with Crippen LogP contribution < -0.4 is 0 Å². The smallest absolute Gasteiger partial charge is 0 e. The molecule has 0 aliphatic rings. The zero-order chi connectivity index (χ0) is 2.71. The van der Waals surface area contributed by atoms with Crippen molar-refractivity contribution >= 4 is 20.2 Å². The molecule has 0 fully saturated rings. The van der Waals surface area contributed by atoms with Crippen LogP contribution in [0.1, 0.15) is 0 Å². The van der Waals surface area contributed by atoms with Gasteiger partial charge in [-0.2, -0.15) is 0 Å². The molecule has 0 bridgehead atoms. The Morgan fingerprint density at radius 3 is 1.25 bits per heavy atom. The van der Waals surface area contributed by atoms with Crippen LogP contribution in [0.15, 0.2) is 0 Å². The van der Waals surface area contributed by atoms with Crippen molar-refractivity contribution in [1.29, 1.82) is 0 Å². The summed E-state index contributed by atoms with van der Waals surface area (Å²) in [6, 6.07) is 0. The van der Waals surface area contributed by atoms with Crippen LogP contribution in [-0.2, 0) is 32.6 Å². The molecule has 24 valence electrons. The van der Waals surface area contributed by atoms with Gasteiger partial charge < -0.3 is 0 Å². The van der Waals surface area contributed by atoms with Gasteiger partial charge in [0.05, 0.1) is 0 Å². The van der Waals surface area contributed by atoms with Crippen LogP contribution in [0.25, 0.3) is 0 Å². The van der Waals surface area contributed by atoms with E-state index in [0.717, 1.165) is 0 Å². The van der Waals surface area contributed by atoms with E-state index in [1.54, 1.807) is 0 Å². The molecule has 0 atom stereocenters. The van der Waals surface area contributed by atoms with Gasteiger partial charge in [0.25, 0.3) is 0 Å². The van der Waals surface area contributed by atoms with E-state index in [1.807, 2.05) is 0 Å². The van der Waals surface area contributed by atoms with Gasteiger partial charge in [-0.25, -0.2) is 0 Å². The molecule has 0 amide bonds. The van der Waals surface area contributed by atoms with Crippen LogP contribution in [0, 0.1) is 0 Å². The van der Waals surface area contributed by atoms with Gasteiger partial charge in [0.1, 0.15) is 0 Å². The maximum Gasteiger partial charge on any atom is 0 e. The van der Waals surface area contributed by atoms with Gasteiger partial charge in [-0.3, -0.25) is 0 Å². The van der Waals surface area contributed by atoms with Crippen LogP contribution in [0.3, 0.4) is 0 Å². The maximum atomic E-state index is 4.76. The standard InChI is InChI=1S/2ClH.Fe.Zn/h2*1H;;/q;;+2;/p-2. The van der Waals surface area contributed by atoms with Gasteiger partial charge in [-0.1, -0.05) is 0 Å². The van der Waals surface area contributed by atoms with Crippen molar-refractivity contribution in [2.24, 2.45) is 0 Å². The van der Waals surface area contributed by atoms with Crippen molar-refractivity contribution in [1.82, 2.24) is 0 Å². The first-order valence-corrected chi connectivity index (χ1v) is 3.31. The van der Waals surface area contributed by atoms with E-state index in [9.17, 15) is 0 Å². The van der Waals surface area contributed by atoms with Crippen molar-refractivity contribution in [2.75, 3.05) is 0 Å². The Morgan fingerprint density at radius 1 is 1.25 bits per heavy atom. The van der Waals surface area contributed by atoms with Crippen molar-refractivity contribution in [3.05, 3.63) is 0 Å². The van der Waals surface area contributed by atoms with Gasteiger partial charge in [-0.15, -0.1) is 0 Å². The minimum Gasteiger partial charge on any atom is 0 e. The van der Waals surface area contributed by atoms with E-state index in [0.29, 0.717) is 0 Å². The molecule has 0 aromatic rings. The van der Waals surface area contributed by atoms with Gasteiger partial charge in [0, 0.05) is 19.5 Å². The van der Waals surface area contributed by atoms with Crippen LogP contribution in [-0.4, -0.2) is 0 Å². The summed E-state index contributed by atoms with van der Waals surface area (Å²) >= 11 is 0.194.